The molecule has 3 aromatic rings. The van der Waals surface area contributed by atoms with Crippen LogP contribution in [0.4, 0.5) is 39.5 Å². The highest BCUT2D eigenvalue weighted by Crippen LogP contribution is 2.37. The van der Waals surface area contributed by atoms with Crippen LogP contribution in [0.3, 0.4) is 0 Å². The highest BCUT2D eigenvalue weighted by Gasteiger charge is 2.39. The molecule has 0 radical (unpaired) electrons. The molecular weight excluding hydrogens is 463 g/mol. The van der Waals surface area contributed by atoms with Gasteiger partial charge < -0.3 is 4.74 Å². The topological polar surface area (TPSA) is 9.23 Å². The van der Waals surface area contributed by atoms with E-state index in [1.807, 2.05) is 0 Å². The molecule has 0 saturated heterocycles. The van der Waals surface area contributed by atoms with Crippen molar-refractivity contribution in [3.8, 4) is 16.9 Å². The zero-order chi connectivity index (χ0) is 24.6. The van der Waals surface area contributed by atoms with Gasteiger partial charge in [0.2, 0.25) is 0 Å². The normalized spacial score (nSPS) is 12.2. The van der Waals surface area contributed by atoms with Gasteiger partial charge in [-0.05, 0) is 47.9 Å². The molecule has 10 heteroatoms. The van der Waals surface area contributed by atoms with Crippen molar-refractivity contribution < 1.29 is 44.3 Å². The Morgan fingerprint density at radius 2 is 1.39 bits per heavy atom. The molecule has 33 heavy (non-hydrogen) atoms. The van der Waals surface area contributed by atoms with E-state index in [9.17, 15) is 39.5 Å². The Morgan fingerprint density at radius 3 is 1.97 bits per heavy atom. The fraction of sp³-hybridized carbons (Fsp3) is 0.217. The molecule has 1 nitrogen and oxygen atoms in total. The van der Waals surface area contributed by atoms with E-state index in [-0.39, 0.29) is 23.1 Å². The number of alkyl halides is 5. The van der Waals surface area contributed by atoms with Crippen LogP contribution in [0.15, 0.2) is 48.5 Å². The van der Waals surface area contributed by atoms with E-state index >= 15 is 0 Å². The maximum atomic E-state index is 14.5. The first kappa shape index (κ1) is 24.5. The molecule has 0 heterocycles. The van der Waals surface area contributed by atoms with Crippen molar-refractivity contribution in [1.29, 1.82) is 0 Å². The lowest BCUT2D eigenvalue weighted by Gasteiger charge is -2.20. The fourth-order valence-corrected chi connectivity index (χ4v) is 3.19. The molecule has 0 fully saturated rings. The van der Waals surface area contributed by atoms with Gasteiger partial charge in [-0.25, -0.2) is 17.6 Å². The summed E-state index contributed by atoms with van der Waals surface area (Å²) in [6, 6.07) is 5.53. The number of benzene rings is 3. The van der Waals surface area contributed by atoms with Crippen LogP contribution in [-0.2, 0) is 18.7 Å². The molecule has 0 N–H and O–H groups in total. The number of hydrogen-bond donors (Lipinski definition) is 0. The third kappa shape index (κ3) is 5.09. The van der Waals surface area contributed by atoms with E-state index in [1.54, 1.807) is 6.92 Å². The van der Waals surface area contributed by atoms with Crippen LogP contribution in [0, 0.1) is 23.3 Å². The molecule has 0 aliphatic heterocycles. The fourth-order valence-electron chi connectivity index (χ4n) is 3.19. The lowest BCUT2D eigenvalue weighted by atomic mass is 10.0. The predicted octanol–water partition coefficient (Wildman–Crippen LogP) is 8.01. The molecule has 0 aliphatic rings. The number of halogens is 9. The van der Waals surface area contributed by atoms with Crippen LogP contribution >= 0.6 is 0 Å². The van der Waals surface area contributed by atoms with Crippen molar-refractivity contribution in [2.75, 3.05) is 0 Å². The molecule has 3 rings (SSSR count). The average molecular weight is 478 g/mol. The zero-order valence-corrected chi connectivity index (χ0v) is 16.8. The molecule has 176 valence electrons. The van der Waals surface area contributed by atoms with Gasteiger partial charge in [0.1, 0.15) is 22.9 Å². The summed E-state index contributed by atoms with van der Waals surface area (Å²) in [7, 11) is 0. The van der Waals surface area contributed by atoms with Gasteiger partial charge >= 0.3 is 12.3 Å². The SMILES string of the molecule is CCCc1ccc(C(F)(F)Oc2ccc(-c3ccc(C(F)(F)F)c(F)c3)c(F)c2)c(F)c1F. The van der Waals surface area contributed by atoms with Gasteiger partial charge in [0, 0.05) is 11.6 Å². The van der Waals surface area contributed by atoms with Crippen molar-refractivity contribution in [3.63, 3.8) is 0 Å². The molecule has 0 unspecified atom stereocenters. The van der Waals surface area contributed by atoms with Gasteiger partial charge in [0.05, 0.1) is 5.56 Å². The second-order valence-electron chi connectivity index (χ2n) is 7.10. The molecular formula is C23H15F9O. The molecule has 0 spiro atoms. The maximum Gasteiger partial charge on any atom is 0.429 e. The summed E-state index contributed by atoms with van der Waals surface area (Å²) >= 11 is 0. The molecule has 0 saturated carbocycles. The van der Waals surface area contributed by atoms with E-state index in [0.717, 1.165) is 24.3 Å². The van der Waals surface area contributed by atoms with Crippen LogP contribution in [0.25, 0.3) is 11.1 Å². The highest BCUT2D eigenvalue weighted by atomic mass is 19.4. The van der Waals surface area contributed by atoms with E-state index < -0.39 is 52.4 Å². The summed E-state index contributed by atoms with van der Waals surface area (Å²) in [5.74, 6) is -6.87. The van der Waals surface area contributed by atoms with E-state index in [0.29, 0.717) is 30.7 Å². The van der Waals surface area contributed by atoms with Crippen LogP contribution in [0.1, 0.15) is 30.0 Å². The molecule has 0 aromatic heterocycles. The molecule has 0 bridgehead atoms. The van der Waals surface area contributed by atoms with Gasteiger partial charge in [-0.15, -0.1) is 0 Å². The second-order valence-corrected chi connectivity index (χ2v) is 7.10. The quantitative estimate of drug-likeness (QED) is 0.326. The lowest BCUT2D eigenvalue weighted by molar-refractivity contribution is -0.187. The number of rotatable bonds is 6. The minimum Gasteiger partial charge on any atom is -0.429 e. The Balaban J connectivity index is 1.89. The van der Waals surface area contributed by atoms with Crippen molar-refractivity contribution in [2.45, 2.75) is 32.1 Å². The van der Waals surface area contributed by atoms with E-state index in [2.05, 4.69) is 4.74 Å². The van der Waals surface area contributed by atoms with Crippen LogP contribution in [0.5, 0.6) is 5.75 Å². The smallest absolute Gasteiger partial charge is 0.429 e. The summed E-state index contributed by atoms with van der Waals surface area (Å²) in [4.78, 5) is 0. The van der Waals surface area contributed by atoms with Crippen LogP contribution in [0.2, 0.25) is 0 Å². The second kappa shape index (κ2) is 8.99. The summed E-state index contributed by atoms with van der Waals surface area (Å²) < 4.78 is 128. The average Bonchev–Trinajstić information content (AvgIpc) is 2.70. The monoisotopic (exact) mass is 478 g/mol. The number of aryl methyl sites for hydroxylation is 1. The first-order chi connectivity index (χ1) is 15.3. The summed E-state index contributed by atoms with van der Waals surface area (Å²) in [6.07, 6.45) is -8.73. The first-order valence-electron chi connectivity index (χ1n) is 9.56. The Labute approximate surface area is 182 Å². The van der Waals surface area contributed by atoms with E-state index in [4.69, 9.17) is 0 Å². The van der Waals surface area contributed by atoms with Crippen molar-refractivity contribution in [3.05, 3.63) is 88.5 Å². The maximum absolute atomic E-state index is 14.5. The Bertz CT molecular complexity index is 1170. The van der Waals surface area contributed by atoms with Gasteiger partial charge in [-0.2, -0.15) is 22.0 Å². The van der Waals surface area contributed by atoms with Gasteiger partial charge in [0.15, 0.2) is 11.6 Å². The van der Waals surface area contributed by atoms with Crippen molar-refractivity contribution in [1.82, 2.24) is 0 Å². The van der Waals surface area contributed by atoms with Crippen LogP contribution < -0.4 is 4.74 Å². The predicted molar refractivity (Wildman–Crippen MR) is 102 cm³/mol. The third-order valence-electron chi connectivity index (χ3n) is 4.77. The third-order valence-corrected chi connectivity index (χ3v) is 4.77. The Hall–Kier alpha value is -3.17. The highest BCUT2D eigenvalue weighted by molar-refractivity contribution is 5.65. The standard InChI is InChI=1S/C23H15F9O/c1-2-3-12-4-9-17(21(27)20(12)26)23(31,32)33-14-6-7-15(18(24)11-14)13-5-8-16(19(25)10-13)22(28,29)30/h4-11H,2-3H2,1H3. The first-order valence-corrected chi connectivity index (χ1v) is 9.56. The van der Waals surface area contributed by atoms with Gasteiger partial charge in [-0.3, -0.25) is 0 Å². The summed E-state index contributed by atoms with van der Waals surface area (Å²) in [6.45, 7) is 1.69. The van der Waals surface area contributed by atoms with Gasteiger partial charge in [0.25, 0.3) is 0 Å². The zero-order valence-electron chi connectivity index (χ0n) is 16.8. The Morgan fingerprint density at radius 1 is 0.727 bits per heavy atom. The minimum atomic E-state index is -4.95. The number of hydrogen-bond acceptors (Lipinski definition) is 1. The molecule has 3 aromatic carbocycles. The Kier molecular flexibility index (Phi) is 6.67. The van der Waals surface area contributed by atoms with E-state index in [1.165, 1.54) is 0 Å². The summed E-state index contributed by atoms with van der Waals surface area (Å²) in [5.41, 5.74) is -3.70. The largest absolute Gasteiger partial charge is 0.429 e. The van der Waals surface area contributed by atoms with Crippen LogP contribution in [-0.4, -0.2) is 0 Å². The number of ether oxygens (including phenoxy) is 1. The van der Waals surface area contributed by atoms with Gasteiger partial charge in [-0.1, -0.05) is 25.5 Å². The molecule has 0 aliphatic carbocycles. The lowest BCUT2D eigenvalue weighted by Crippen LogP contribution is -2.24. The molecule has 0 amide bonds. The summed E-state index contributed by atoms with van der Waals surface area (Å²) in [5, 5.41) is 0. The van der Waals surface area contributed by atoms with Crippen molar-refractivity contribution in [2.24, 2.45) is 0 Å². The minimum absolute atomic E-state index is 0.0891. The van der Waals surface area contributed by atoms with Crippen molar-refractivity contribution >= 4 is 0 Å². The molecule has 0 atom stereocenters.